The van der Waals surface area contributed by atoms with Gasteiger partial charge in [-0.2, -0.15) is 0 Å². The zero-order valence-electron chi connectivity index (χ0n) is 6.94. The Morgan fingerprint density at radius 3 is 2.08 bits per heavy atom. The minimum Gasteiger partial charge on any atom is -0.766 e. The summed E-state index contributed by atoms with van der Waals surface area (Å²) in [7, 11) is -3.44. The molecule has 0 saturated carbocycles. The van der Waals surface area contributed by atoms with Crippen LogP contribution in [0.2, 0.25) is 0 Å². The van der Waals surface area contributed by atoms with Crippen molar-refractivity contribution in [3.05, 3.63) is 29.8 Å². The monoisotopic (exact) mass is 194 g/mol. The van der Waals surface area contributed by atoms with Gasteiger partial charge in [-0.05, 0) is 39.0 Å². The van der Waals surface area contributed by atoms with E-state index >= 15 is 0 Å². The summed E-state index contributed by atoms with van der Waals surface area (Å²) in [5.41, 5.74) is 1.02. The van der Waals surface area contributed by atoms with E-state index in [1.54, 1.807) is 12.1 Å². The van der Waals surface area contributed by atoms with Gasteiger partial charge in [0.1, 0.15) is 0 Å². The van der Waals surface area contributed by atoms with Gasteiger partial charge in [-0.15, -0.1) is 0 Å². The van der Waals surface area contributed by atoms with Crippen molar-refractivity contribution in [3.63, 3.8) is 0 Å². The molecule has 1 unspecified atom stereocenters. The van der Waals surface area contributed by atoms with E-state index in [4.69, 9.17) is 0 Å². The number of rotatable bonds is 1. The van der Waals surface area contributed by atoms with Crippen LogP contribution in [-0.4, -0.2) is 8.76 Å². The van der Waals surface area contributed by atoms with Crippen molar-refractivity contribution in [3.8, 4) is 0 Å². The summed E-state index contributed by atoms with van der Waals surface area (Å²) < 4.78 is 21.5. The first-order valence-corrected chi connectivity index (χ1v) is 5.43. The molecular formula is C7H7LiO2S2. The molecule has 0 aliphatic carbocycles. The van der Waals surface area contributed by atoms with Gasteiger partial charge < -0.3 is 4.55 Å². The smallest absolute Gasteiger partial charge is 0.766 e. The molecule has 0 amide bonds. The first-order chi connectivity index (χ1) is 5.00. The van der Waals surface area contributed by atoms with Crippen molar-refractivity contribution in [1.82, 2.24) is 0 Å². The molecule has 2 nitrogen and oxygen atoms in total. The normalized spacial score (nSPS) is 14.5. The molecule has 1 aromatic rings. The molecule has 0 saturated heterocycles. The maximum absolute atomic E-state index is 10.8. The van der Waals surface area contributed by atoms with Crippen molar-refractivity contribution in [1.29, 1.82) is 0 Å². The first kappa shape index (κ1) is 12.1. The molecule has 1 atom stereocenters. The molecule has 60 valence electrons. The van der Waals surface area contributed by atoms with E-state index in [2.05, 4.69) is 11.2 Å². The van der Waals surface area contributed by atoms with Crippen molar-refractivity contribution in [2.75, 3.05) is 0 Å². The Labute approximate surface area is 89.0 Å². The van der Waals surface area contributed by atoms with Crippen LogP contribution in [0.1, 0.15) is 5.56 Å². The SMILES string of the molecule is Cc1ccc(S(=O)([O-])=S)cc1.[Li+]. The number of hydrogen-bond acceptors (Lipinski definition) is 3. The van der Waals surface area contributed by atoms with E-state index in [0.717, 1.165) is 5.56 Å². The zero-order valence-corrected chi connectivity index (χ0v) is 8.58. The molecular weight excluding hydrogens is 187 g/mol. The predicted octanol–water partition coefficient (Wildman–Crippen LogP) is -1.77. The molecule has 0 fully saturated rings. The number of aryl methyl sites for hydroxylation is 1. The molecule has 0 aliphatic heterocycles. The average Bonchev–Trinajstić information content (AvgIpc) is 1.86. The molecule has 1 aromatic carbocycles. The van der Waals surface area contributed by atoms with Gasteiger partial charge in [0.2, 0.25) is 0 Å². The fourth-order valence-corrected chi connectivity index (χ4v) is 1.51. The van der Waals surface area contributed by atoms with Gasteiger partial charge in [0.25, 0.3) is 0 Å². The van der Waals surface area contributed by atoms with Crippen LogP contribution in [0.25, 0.3) is 0 Å². The van der Waals surface area contributed by atoms with Gasteiger partial charge >= 0.3 is 18.9 Å². The van der Waals surface area contributed by atoms with E-state index < -0.39 is 8.77 Å². The molecule has 0 bridgehead atoms. The Bertz CT molecular complexity index is 342. The molecule has 5 heteroatoms. The van der Waals surface area contributed by atoms with Crippen molar-refractivity contribution >= 4 is 20.0 Å². The molecule has 1 rings (SSSR count). The van der Waals surface area contributed by atoms with E-state index in [1.165, 1.54) is 12.1 Å². The van der Waals surface area contributed by atoms with Crippen LogP contribution in [0.5, 0.6) is 0 Å². The maximum atomic E-state index is 10.8. The second-order valence-corrected chi connectivity index (χ2v) is 4.96. The molecule has 0 heterocycles. The molecule has 0 N–H and O–H groups in total. The minimum absolute atomic E-state index is 0. The van der Waals surface area contributed by atoms with Crippen molar-refractivity contribution in [2.45, 2.75) is 11.8 Å². The quantitative estimate of drug-likeness (QED) is 0.497. The predicted molar refractivity (Wildman–Crippen MR) is 45.7 cm³/mol. The van der Waals surface area contributed by atoms with Crippen LogP contribution in [0, 0.1) is 6.92 Å². The van der Waals surface area contributed by atoms with Crippen LogP contribution < -0.4 is 18.9 Å². The average molecular weight is 194 g/mol. The Kier molecular flexibility index (Phi) is 4.46. The molecule has 0 radical (unpaired) electrons. The maximum Gasteiger partial charge on any atom is 1.00 e. The van der Waals surface area contributed by atoms with E-state index in [9.17, 15) is 8.76 Å². The number of hydrogen-bond donors (Lipinski definition) is 0. The molecule has 12 heavy (non-hydrogen) atoms. The zero-order chi connectivity index (χ0) is 8.48. The fourth-order valence-electron chi connectivity index (χ4n) is 0.705. The fraction of sp³-hybridized carbons (Fsp3) is 0.143. The largest absolute Gasteiger partial charge is 1.00 e. The standard InChI is InChI=1S/C7H8O2S2.Li/c1-6-2-4-7(5-3-6)11(8,9)10;/h2-5H,1H3,(H,8,9,10);/q;+1/p-1. The Morgan fingerprint density at radius 2 is 1.75 bits per heavy atom. The summed E-state index contributed by atoms with van der Waals surface area (Å²) in [6, 6.07) is 6.47. The second kappa shape index (κ2) is 4.40. The van der Waals surface area contributed by atoms with Gasteiger partial charge in [0.05, 0.1) is 0 Å². The third kappa shape index (κ3) is 3.26. The topological polar surface area (TPSA) is 40.1 Å². The van der Waals surface area contributed by atoms with Crippen LogP contribution in [-0.2, 0) is 20.0 Å². The number of benzene rings is 1. The van der Waals surface area contributed by atoms with Gasteiger partial charge in [0.15, 0.2) is 0 Å². The van der Waals surface area contributed by atoms with E-state index in [-0.39, 0.29) is 23.8 Å². The van der Waals surface area contributed by atoms with Gasteiger partial charge in [-0.25, -0.2) is 0 Å². The summed E-state index contributed by atoms with van der Waals surface area (Å²) in [5, 5.41) is 0. The van der Waals surface area contributed by atoms with Crippen LogP contribution in [0.4, 0.5) is 0 Å². The van der Waals surface area contributed by atoms with Crippen molar-refractivity contribution in [2.24, 2.45) is 0 Å². The Morgan fingerprint density at radius 1 is 1.33 bits per heavy atom. The van der Waals surface area contributed by atoms with Crippen molar-refractivity contribution < 1.29 is 27.6 Å². The van der Waals surface area contributed by atoms with E-state index in [0.29, 0.717) is 0 Å². The Balaban J connectivity index is 0.00000121. The minimum atomic E-state index is -3.44. The van der Waals surface area contributed by atoms with Gasteiger partial charge in [-0.1, -0.05) is 17.7 Å². The summed E-state index contributed by atoms with van der Waals surface area (Å²) in [6.07, 6.45) is 0. The summed E-state index contributed by atoms with van der Waals surface area (Å²) in [4.78, 5) is 0.193. The van der Waals surface area contributed by atoms with E-state index in [1.807, 2.05) is 6.92 Å². The Hall–Kier alpha value is 0.147. The van der Waals surface area contributed by atoms with Crippen LogP contribution in [0.3, 0.4) is 0 Å². The summed E-state index contributed by atoms with van der Waals surface area (Å²) in [5.74, 6) is 0. The summed E-state index contributed by atoms with van der Waals surface area (Å²) in [6.45, 7) is 1.89. The third-order valence-corrected chi connectivity index (χ3v) is 2.74. The molecule has 0 aliphatic rings. The van der Waals surface area contributed by atoms with Crippen LogP contribution in [0.15, 0.2) is 29.2 Å². The second-order valence-electron chi connectivity index (χ2n) is 2.27. The third-order valence-electron chi connectivity index (χ3n) is 1.31. The summed E-state index contributed by atoms with van der Waals surface area (Å²) >= 11 is 4.27. The van der Waals surface area contributed by atoms with Gasteiger partial charge in [0, 0.05) is 4.90 Å². The van der Waals surface area contributed by atoms with Crippen LogP contribution >= 0.6 is 0 Å². The first-order valence-electron chi connectivity index (χ1n) is 3.03. The molecule has 0 aromatic heterocycles. The van der Waals surface area contributed by atoms with Gasteiger partial charge in [-0.3, -0.25) is 4.21 Å². The molecule has 0 spiro atoms.